The van der Waals surface area contributed by atoms with E-state index >= 15 is 0 Å². The summed E-state index contributed by atoms with van der Waals surface area (Å²) in [5.41, 5.74) is 2.31. The van der Waals surface area contributed by atoms with E-state index in [2.05, 4.69) is 16.5 Å². The fraction of sp³-hybridized carbons (Fsp3) is 0.348. The molecule has 0 atom stereocenters. The summed E-state index contributed by atoms with van der Waals surface area (Å²) < 4.78 is 1.79. The molecule has 1 aliphatic heterocycles. The molecule has 1 saturated heterocycles. The molecule has 1 aliphatic rings. The van der Waals surface area contributed by atoms with Crippen LogP contribution in [0.2, 0.25) is 0 Å². The number of likely N-dealkylation sites (tertiary alicyclic amines) is 1. The second-order valence-corrected chi connectivity index (χ2v) is 8.64. The predicted molar refractivity (Wildman–Crippen MR) is 118 cm³/mol. The fourth-order valence-corrected chi connectivity index (χ4v) is 4.53. The third-order valence-corrected chi connectivity index (χ3v) is 6.45. The molecule has 1 fully saturated rings. The Balaban J connectivity index is 1.29. The van der Waals surface area contributed by atoms with Crippen molar-refractivity contribution in [2.45, 2.75) is 26.2 Å². The summed E-state index contributed by atoms with van der Waals surface area (Å²) in [7, 11) is 0. The maximum Gasteiger partial charge on any atom is 0.274 e. The first-order chi connectivity index (χ1) is 14.6. The van der Waals surface area contributed by atoms with E-state index in [1.165, 1.54) is 4.88 Å². The first-order valence-corrected chi connectivity index (χ1v) is 11.2. The molecule has 1 aromatic carbocycles. The second kappa shape index (κ2) is 9.26. The summed E-state index contributed by atoms with van der Waals surface area (Å²) in [6, 6.07) is 15.7. The van der Waals surface area contributed by atoms with Gasteiger partial charge in [-0.05, 0) is 55.8 Å². The Labute approximate surface area is 180 Å². The van der Waals surface area contributed by atoms with Crippen molar-refractivity contribution < 1.29 is 9.59 Å². The number of amides is 2. The summed E-state index contributed by atoms with van der Waals surface area (Å²) in [6.07, 6.45) is 2.24. The van der Waals surface area contributed by atoms with Gasteiger partial charge in [0.25, 0.3) is 5.91 Å². The van der Waals surface area contributed by atoms with E-state index in [9.17, 15) is 9.59 Å². The van der Waals surface area contributed by atoms with Gasteiger partial charge in [0.15, 0.2) is 5.69 Å². The van der Waals surface area contributed by atoms with Crippen LogP contribution in [0.4, 0.5) is 0 Å². The molecule has 4 rings (SSSR count). The SMILES string of the molecule is Cc1cc(C(=O)N2CCC(C(=O)NCCc3cccs3)CC2)nn1-c1ccccc1. The van der Waals surface area contributed by atoms with Crippen molar-refractivity contribution in [2.24, 2.45) is 5.92 Å². The third kappa shape index (κ3) is 4.62. The van der Waals surface area contributed by atoms with Crippen LogP contribution in [0.25, 0.3) is 5.69 Å². The molecule has 3 heterocycles. The molecular weight excluding hydrogens is 396 g/mol. The Morgan fingerprint density at radius 1 is 1.13 bits per heavy atom. The van der Waals surface area contributed by atoms with Crippen LogP contribution in [-0.2, 0) is 11.2 Å². The van der Waals surface area contributed by atoms with Crippen molar-refractivity contribution in [3.8, 4) is 5.69 Å². The van der Waals surface area contributed by atoms with Crippen LogP contribution in [0.15, 0.2) is 53.9 Å². The van der Waals surface area contributed by atoms with Gasteiger partial charge < -0.3 is 10.2 Å². The number of aryl methyl sites for hydroxylation is 1. The van der Waals surface area contributed by atoms with E-state index in [4.69, 9.17) is 0 Å². The highest BCUT2D eigenvalue weighted by Crippen LogP contribution is 2.20. The molecule has 1 N–H and O–H groups in total. The number of nitrogens with one attached hydrogen (secondary N) is 1. The van der Waals surface area contributed by atoms with Crippen LogP contribution in [0.1, 0.15) is 33.9 Å². The van der Waals surface area contributed by atoms with E-state index in [1.54, 1.807) is 16.0 Å². The lowest BCUT2D eigenvalue weighted by Gasteiger charge is -2.30. The van der Waals surface area contributed by atoms with Crippen molar-refractivity contribution in [3.63, 3.8) is 0 Å². The van der Waals surface area contributed by atoms with Crippen LogP contribution in [0.5, 0.6) is 0 Å². The van der Waals surface area contributed by atoms with Gasteiger partial charge in [0, 0.05) is 36.1 Å². The first-order valence-electron chi connectivity index (χ1n) is 10.3. The molecule has 0 saturated carbocycles. The summed E-state index contributed by atoms with van der Waals surface area (Å²) in [5, 5.41) is 9.62. The summed E-state index contributed by atoms with van der Waals surface area (Å²) in [4.78, 5) is 28.5. The minimum absolute atomic E-state index is 0.0269. The Morgan fingerprint density at radius 2 is 1.90 bits per heavy atom. The standard InChI is InChI=1S/C23H26N4O2S/c1-17-16-21(25-27(17)19-6-3-2-4-7-19)23(29)26-13-10-18(11-14-26)22(28)24-12-9-20-8-5-15-30-20/h2-8,15-16,18H,9-14H2,1H3,(H,24,28). The van der Waals surface area contributed by atoms with Gasteiger partial charge in [-0.2, -0.15) is 5.10 Å². The summed E-state index contributed by atoms with van der Waals surface area (Å²) in [6.45, 7) is 3.77. The lowest BCUT2D eigenvalue weighted by atomic mass is 9.95. The molecule has 0 spiro atoms. The lowest BCUT2D eigenvalue weighted by molar-refractivity contribution is -0.126. The highest BCUT2D eigenvalue weighted by Gasteiger charge is 2.29. The van der Waals surface area contributed by atoms with Crippen molar-refractivity contribution >= 4 is 23.2 Å². The molecule has 0 unspecified atom stereocenters. The van der Waals surface area contributed by atoms with Crippen molar-refractivity contribution in [3.05, 3.63) is 70.2 Å². The van der Waals surface area contributed by atoms with Crippen LogP contribution < -0.4 is 5.32 Å². The van der Waals surface area contributed by atoms with E-state index in [0.717, 1.165) is 17.8 Å². The van der Waals surface area contributed by atoms with E-state index < -0.39 is 0 Å². The molecule has 2 aromatic heterocycles. The van der Waals surface area contributed by atoms with E-state index in [1.807, 2.05) is 59.7 Å². The summed E-state index contributed by atoms with van der Waals surface area (Å²) >= 11 is 1.71. The van der Waals surface area contributed by atoms with Gasteiger partial charge >= 0.3 is 0 Å². The number of piperidine rings is 1. The average Bonchev–Trinajstić information content (AvgIpc) is 3.43. The van der Waals surface area contributed by atoms with Crippen LogP contribution in [0.3, 0.4) is 0 Å². The number of thiophene rings is 1. The number of hydrogen-bond acceptors (Lipinski definition) is 4. The van der Waals surface area contributed by atoms with E-state index in [-0.39, 0.29) is 17.7 Å². The van der Waals surface area contributed by atoms with Crippen LogP contribution >= 0.6 is 11.3 Å². The first kappa shape index (κ1) is 20.3. The molecule has 0 bridgehead atoms. The van der Waals surface area contributed by atoms with Gasteiger partial charge in [0.2, 0.25) is 5.91 Å². The highest BCUT2D eigenvalue weighted by molar-refractivity contribution is 7.09. The lowest BCUT2D eigenvalue weighted by Crippen LogP contribution is -2.43. The fourth-order valence-electron chi connectivity index (χ4n) is 3.82. The van der Waals surface area contributed by atoms with Gasteiger partial charge in [0.1, 0.15) is 0 Å². The zero-order chi connectivity index (χ0) is 20.9. The molecule has 2 amide bonds. The van der Waals surface area contributed by atoms with Crippen molar-refractivity contribution in [2.75, 3.05) is 19.6 Å². The minimum atomic E-state index is -0.0654. The molecule has 7 heteroatoms. The number of carbonyl (C=O) groups is 2. The molecule has 156 valence electrons. The van der Waals surface area contributed by atoms with Gasteiger partial charge in [0.05, 0.1) is 5.69 Å². The Kier molecular flexibility index (Phi) is 6.28. The van der Waals surface area contributed by atoms with Crippen molar-refractivity contribution in [1.29, 1.82) is 0 Å². The predicted octanol–water partition coefficient (Wildman–Crippen LogP) is 3.45. The molecule has 0 aliphatic carbocycles. The van der Waals surface area contributed by atoms with Crippen LogP contribution in [-0.4, -0.2) is 46.1 Å². The second-order valence-electron chi connectivity index (χ2n) is 7.61. The number of aromatic nitrogens is 2. The molecule has 3 aromatic rings. The quantitative estimate of drug-likeness (QED) is 0.662. The third-order valence-electron chi connectivity index (χ3n) is 5.51. The van der Waals surface area contributed by atoms with Gasteiger partial charge in [-0.3, -0.25) is 9.59 Å². The topological polar surface area (TPSA) is 67.2 Å². The maximum atomic E-state index is 12.9. The molecular formula is C23H26N4O2S. The normalized spacial score (nSPS) is 14.6. The average molecular weight is 423 g/mol. The zero-order valence-corrected chi connectivity index (χ0v) is 17.9. The number of hydrogen-bond donors (Lipinski definition) is 1. The number of para-hydroxylation sites is 1. The Hall–Kier alpha value is -2.93. The van der Waals surface area contributed by atoms with Gasteiger partial charge in [-0.1, -0.05) is 24.3 Å². The van der Waals surface area contributed by atoms with Crippen LogP contribution in [0, 0.1) is 12.8 Å². The molecule has 0 radical (unpaired) electrons. The number of nitrogens with zero attached hydrogens (tertiary/aromatic N) is 3. The Morgan fingerprint density at radius 3 is 2.60 bits per heavy atom. The number of carbonyl (C=O) groups excluding carboxylic acids is 2. The largest absolute Gasteiger partial charge is 0.355 e. The highest BCUT2D eigenvalue weighted by atomic mass is 32.1. The van der Waals surface area contributed by atoms with Crippen molar-refractivity contribution in [1.82, 2.24) is 20.0 Å². The number of rotatable bonds is 6. The minimum Gasteiger partial charge on any atom is -0.355 e. The summed E-state index contributed by atoms with van der Waals surface area (Å²) in [5.74, 6) is 0.00758. The Bertz CT molecular complexity index is 990. The monoisotopic (exact) mass is 422 g/mol. The number of benzene rings is 1. The van der Waals surface area contributed by atoms with E-state index in [0.29, 0.717) is 38.2 Å². The maximum absolute atomic E-state index is 12.9. The van der Waals surface area contributed by atoms with Gasteiger partial charge in [-0.25, -0.2) is 4.68 Å². The van der Waals surface area contributed by atoms with Gasteiger partial charge in [-0.15, -0.1) is 11.3 Å². The smallest absolute Gasteiger partial charge is 0.274 e. The molecule has 6 nitrogen and oxygen atoms in total. The molecule has 30 heavy (non-hydrogen) atoms. The zero-order valence-electron chi connectivity index (χ0n) is 17.1.